The van der Waals surface area contributed by atoms with Crippen LogP contribution in [-0.4, -0.2) is 32.7 Å². The molecule has 2 aliphatic heterocycles. The van der Waals surface area contributed by atoms with Gasteiger partial charge in [-0.3, -0.25) is 0 Å². The first-order chi connectivity index (χ1) is 17.2. The Morgan fingerprint density at radius 2 is 1.72 bits per heavy atom. The molecular weight excluding hydrogens is 573 g/mol. The van der Waals surface area contributed by atoms with Gasteiger partial charge in [-0.2, -0.15) is 4.57 Å². The number of methoxy groups -OCH3 is 2. The third-order valence-electron chi connectivity index (χ3n) is 6.70. The number of rotatable bonds is 6. The second-order valence-corrected chi connectivity index (χ2v) is 8.62. The van der Waals surface area contributed by atoms with Gasteiger partial charge in [0.25, 0.3) is 0 Å². The molecule has 6 rings (SSSR count). The number of nitrogens with zero attached hydrogens (tertiary/aromatic N) is 1. The number of hydrogen-bond donors (Lipinski definition) is 1. The van der Waals surface area contributed by atoms with Gasteiger partial charge in [0.1, 0.15) is 11.5 Å². The van der Waals surface area contributed by atoms with E-state index in [9.17, 15) is 5.11 Å². The monoisotopic (exact) mass is 599 g/mol. The van der Waals surface area contributed by atoms with Crippen LogP contribution in [0.25, 0.3) is 22.0 Å². The smallest absolute Gasteiger partial charge is 0.231 e. The molecule has 4 aromatic rings. The first kappa shape index (κ1) is 24.3. The molecule has 2 aliphatic rings. The lowest BCUT2D eigenvalue weighted by Crippen LogP contribution is -3.00. The Kier molecular flexibility index (Phi) is 6.70. The van der Waals surface area contributed by atoms with Crippen molar-refractivity contribution in [2.45, 2.75) is 19.4 Å². The molecule has 1 N–H and O–H groups in total. The molecule has 36 heavy (non-hydrogen) atoms. The standard InChI is InChI=1S/C28H25NO6.HI/c1-31-24-8-7-20-21(10-12-33-19-5-3-18(30)4-6-19)27-22-14-26-25(34-16-35-26)13-17(22)9-11-29(27)15-23(20)28(24)32-2;/h3-8,13-15H,9-12,16H2,1-2H3;1H. The Morgan fingerprint density at radius 1 is 0.944 bits per heavy atom. The number of hydrogen-bond acceptors (Lipinski definition) is 6. The minimum absolute atomic E-state index is 0. The van der Waals surface area contributed by atoms with Crippen LogP contribution in [0.5, 0.6) is 34.5 Å². The molecular formula is C28H26INO6. The molecule has 0 aliphatic carbocycles. The molecule has 8 heteroatoms. The van der Waals surface area contributed by atoms with Crippen molar-refractivity contribution in [2.75, 3.05) is 27.6 Å². The lowest BCUT2D eigenvalue weighted by atomic mass is 9.90. The molecule has 3 heterocycles. The molecule has 0 spiro atoms. The summed E-state index contributed by atoms with van der Waals surface area (Å²) >= 11 is 0. The van der Waals surface area contributed by atoms with E-state index in [2.05, 4.69) is 29.0 Å². The summed E-state index contributed by atoms with van der Waals surface area (Å²) in [7, 11) is 3.32. The summed E-state index contributed by atoms with van der Waals surface area (Å²) in [4.78, 5) is 0. The molecule has 0 saturated heterocycles. The number of phenols is 1. The topological polar surface area (TPSA) is 70.3 Å². The van der Waals surface area contributed by atoms with E-state index in [0.29, 0.717) is 24.5 Å². The number of phenolic OH excluding ortho intramolecular Hbond substituents is 1. The zero-order valence-electron chi connectivity index (χ0n) is 20.0. The Balaban J connectivity index is 0.00000267. The molecule has 0 radical (unpaired) electrons. The van der Waals surface area contributed by atoms with E-state index in [4.69, 9.17) is 23.7 Å². The van der Waals surface area contributed by atoms with Crippen molar-refractivity contribution in [1.29, 1.82) is 0 Å². The number of benzene rings is 3. The summed E-state index contributed by atoms with van der Waals surface area (Å²) in [6.45, 7) is 1.56. The number of aryl methyl sites for hydroxylation is 2. The van der Waals surface area contributed by atoms with Crippen LogP contribution < -0.4 is 52.2 Å². The highest BCUT2D eigenvalue weighted by Gasteiger charge is 2.32. The Labute approximate surface area is 226 Å². The van der Waals surface area contributed by atoms with Crippen molar-refractivity contribution in [2.24, 2.45) is 0 Å². The highest BCUT2D eigenvalue weighted by molar-refractivity contribution is 5.95. The van der Waals surface area contributed by atoms with Crippen LogP contribution in [0.3, 0.4) is 0 Å². The van der Waals surface area contributed by atoms with E-state index < -0.39 is 0 Å². The van der Waals surface area contributed by atoms with Crippen molar-refractivity contribution in [3.05, 3.63) is 65.9 Å². The van der Waals surface area contributed by atoms with Gasteiger partial charge < -0.3 is 52.8 Å². The van der Waals surface area contributed by atoms with E-state index in [1.54, 1.807) is 38.5 Å². The maximum absolute atomic E-state index is 9.56. The molecule has 0 amide bonds. The fraction of sp³-hybridized carbons (Fsp3) is 0.250. The molecule has 0 saturated carbocycles. The van der Waals surface area contributed by atoms with Crippen LogP contribution in [0.15, 0.2) is 54.7 Å². The summed E-state index contributed by atoms with van der Waals surface area (Å²) in [5, 5.41) is 11.7. The minimum Gasteiger partial charge on any atom is -1.00 e. The average molecular weight is 599 g/mol. The van der Waals surface area contributed by atoms with Gasteiger partial charge in [0.2, 0.25) is 12.5 Å². The van der Waals surface area contributed by atoms with Crippen molar-refractivity contribution >= 4 is 10.8 Å². The van der Waals surface area contributed by atoms with Crippen LogP contribution >= 0.6 is 0 Å². The minimum atomic E-state index is 0. The van der Waals surface area contributed by atoms with Gasteiger partial charge in [-0.1, -0.05) is 0 Å². The Morgan fingerprint density at radius 3 is 2.47 bits per heavy atom. The Hall–Kier alpha value is -3.40. The average Bonchev–Trinajstić information content (AvgIpc) is 3.34. The summed E-state index contributed by atoms with van der Waals surface area (Å²) in [6, 6.07) is 15.0. The number of pyridine rings is 1. The third kappa shape index (κ3) is 4.13. The first-order valence-electron chi connectivity index (χ1n) is 11.6. The van der Waals surface area contributed by atoms with Crippen molar-refractivity contribution in [3.8, 4) is 45.8 Å². The van der Waals surface area contributed by atoms with Gasteiger partial charge in [0.15, 0.2) is 35.7 Å². The summed E-state index contributed by atoms with van der Waals surface area (Å²) in [6.07, 6.45) is 3.73. The molecule has 7 nitrogen and oxygen atoms in total. The van der Waals surface area contributed by atoms with E-state index >= 15 is 0 Å². The lowest BCUT2D eigenvalue weighted by Gasteiger charge is -2.21. The molecule has 0 atom stereocenters. The van der Waals surface area contributed by atoms with E-state index in [1.165, 1.54) is 11.1 Å². The maximum atomic E-state index is 9.56. The number of fused-ring (bicyclic) bond motifs is 5. The van der Waals surface area contributed by atoms with Gasteiger partial charge in [0.05, 0.1) is 31.8 Å². The zero-order valence-corrected chi connectivity index (χ0v) is 22.2. The molecule has 0 unspecified atom stereocenters. The largest absolute Gasteiger partial charge is 1.00 e. The molecule has 0 fully saturated rings. The maximum Gasteiger partial charge on any atom is 0.231 e. The number of aromatic hydroxyl groups is 1. The van der Waals surface area contributed by atoms with Gasteiger partial charge in [-0.25, -0.2) is 0 Å². The van der Waals surface area contributed by atoms with Gasteiger partial charge in [-0.05, 0) is 54.1 Å². The Bertz CT molecular complexity index is 1440. The van der Waals surface area contributed by atoms with E-state index in [0.717, 1.165) is 52.2 Å². The molecule has 0 bridgehead atoms. The van der Waals surface area contributed by atoms with E-state index in [1.807, 2.05) is 6.07 Å². The van der Waals surface area contributed by atoms with E-state index in [-0.39, 0.29) is 36.5 Å². The predicted molar refractivity (Wildman–Crippen MR) is 130 cm³/mol. The third-order valence-corrected chi connectivity index (χ3v) is 6.70. The fourth-order valence-corrected chi connectivity index (χ4v) is 5.08. The number of aromatic nitrogens is 1. The lowest BCUT2D eigenvalue weighted by molar-refractivity contribution is -0.686. The summed E-state index contributed by atoms with van der Waals surface area (Å²) in [5.74, 6) is 3.93. The van der Waals surface area contributed by atoms with Gasteiger partial charge in [0, 0.05) is 23.8 Å². The predicted octanol–water partition coefficient (Wildman–Crippen LogP) is 1.43. The molecule has 1 aromatic heterocycles. The van der Waals surface area contributed by atoms with Crippen LogP contribution in [0.1, 0.15) is 11.1 Å². The first-order valence-corrected chi connectivity index (χ1v) is 11.6. The van der Waals surface area contributed by atoms with Crippen LogP contribution in [-0.2, 0) is 19.4 Å². The van der Waals surface area contributed by atoms with Gasteiger partial charge >= 0.3 is 0 Å². The van der Waals surface area contributed by atoms with Crippen molar-refractivity contribution in [3.63, 3.8) is 0 Å². The van der Waals surface area contributed by atoms with Crippen LogP contribution in [0.4, 0.5) is 0 Å². The van der Waals surface area contributed by atoms with Crippen LogP contribution in [0.2, 0.25) is 0 Å². The molecule has 186 valence electrons. The SMILES string of the molecule is COc1ccc2c(CCOc3ccc(O)cc3)c3[n+](cc2c1OC)CCc1cc2c(cc1-3)OCO2.[I-]. The van der Waals surface area contributed by atoms with Crippen LogP contribution in [0, 0.1) is 0 Å². The summed E-state index contributed by atoms with van der Waals surface area (Å²) < 4.78 is 31.0. The van der Waals surface area contributed by atoms with Crippen molar-refractivity contribution in [1.82, 2.24) is 0 Å². The highest BCUT2D eigenvalue weighted by atomic mass is 127. The highest BCUT2D eigenvalue weighted by Crippen LogP contribution is 2.43. The normalized spacial score (nSPS) is 12.9. The van der Waals surface area contributed by atoms with Gasteiger partial charge in [-0.15, -0.1) is 0 Å². The quantitative estimate of drug-likeness (QED) is 0.267. The second-order valence-electron chi connectivity index (χ2n) is 8.62. The van der Waals surface area contributed by atoms with Crippen molar-refractivity contribution < 1.29 is 57.3 Å². The second kappa shape index (κ2) is 9.93. The number of ether oxygens (including phenoxy) is 5. The fourth-order valence-electron chi connectivity index (χ4n) is 5.08. The molecule has 3 aromatic carbocycles. The number of halogens is 1. The summed E-state index contributed by atoms with van der Waals surface area (Å²) in [5.41, 5.74) is 4.72. The zero-order chi connectivity index (χ0) is 23.9.